The lowest BCUT2D eigenvalue weighted by atomic mass is 10.1. The van der Waals surface area contributed by atoms with Crippen LogP contribution in [0.1, 0.15) is 18.1 Å². The van der Waals surface area contributed by atoms with Gasteiger partial charge < -0.3 is 5.21 Å². The van der Waals surface area contributed by atoms with Crippen molar-refractivity contribution < 1.29 is 5.21 Å². The second-order valence-electron chi connectivity index (χ2n) is 2.41. The summed E-state index contributed by atoms with van der Waals surface area (Å²) < 4.78 is 0. The van der Waals surface area contributed by atoms with E-state index in [-0.39, 0.29) is 0 Å². The third-order valence-electron chi connectivity index (χ3n) is 1.71. The van der Waals surface area contributed by atoms with Gasteiger partial charge in [-0.3, -0.25) is 0 Å². The predicted molar refractivity (Wildman–Crippen MR) is 50.2 cm³/mol. The second kappa shape index (κ2) is 4.12. The maximum atomic E-state index is 8.37. The summed E-state index contributed by atoms with van der Waals surface area (Å²) in [6, 6.07) is 5.62. The Morgan fingerprint density at radius 3 is 2.92 bits per heavy atom. The summed E-state index contributed by atoms with van der Waals surface area (Å²) in [4.78, 5) is 0. The molecule has 0 saturated heterocycles. The zero-order valence-corrected chi connectivity index (χ0v) is 7.54. The van der Waals surface area contributed by atoms with E-state index in [1.807, 2.05) is 19.1 Å². The molecule has 0 spiro atoms. The molecule has 1 N–H and O–H groups in total. The topological polar surface area (TPSA) is 32.6 Å². The highest BCUT2D eigenvalue weighted by molar-refractivity contribution is 6.33. The molecule has 12 heavy (non-hydrogen) atoms. The fraction of sp³-hybridized carbons (Fsp3) is 0.222. The highest BCUT2D eigenvalue weighted by Gasteiger charge is 2.01. The minimum atomic E-state index is 0.618. The average Bonchev–Trinajstić information content (AvgIpc) is 2.09. The first-order chi connectivity index (χ1) is 5.79. The molecule has 0 aliphatic carbocycles. The van der Waals surface area contributed by atoms with Crippen LogP contribution >= 0.6 is 11.6 Å². The van der Waals surface area contributed by atoms with Crippen LogP contribution in [-0.2, 0) is 6.42 Å². The van der Waals surface area contributed by atoms with Gasteiger partial charge in [0.05, 0.1) is 6.21 Å². The molecule has 1 aromatic rings. The van der Waals surface area contributed by atoms with Crippen LogP contribution in [0.2, 0.25) is 5.02 Å². The minimum absolute atomic E-state index is 0.618. The largest absolute Gasteiger partial charge is 0.411 e. The van der Waals surface area contributed by atoms with Gasteiger partial charge in [0.1, 0.15) is 0 Å². The van der Waals surface area contributed by atoms with Crippen LogP contribution in [-0.4, -0.2) is 11.4 Å². The van der Waals surface area contributed by atoms with E-state index in [9.17, 15) is 0 Å². The van der Waals surface area contributed by atoms with Crippen LogP contribution in [0, 0.1) is 0 Å². The molecule has 3 heteroatoms. The first kappa shape index (κ1) is 9.07. The van der Waals surface area contributed by atoms with Crippen molar-refractivity contribution in [3.8, 4) is 0 Å². The Balaban J connectivity index is 3.19. The smallest absolute Gasteiger partial charge is 0.0751 e. The molecule has 0 fully saturated rings. The van der Waals surface area contributed by atoms with Crippen molar-refractivity contribution in [1.29, 1.82) is 0 Å². The molecule has 0 unspecified atom stereocenters. The highest BCUT2D eigenvalue weighted by atomic mass is 35.5. The Kier molecular flexibility index (Phi) is 3.11. The van der Waals surface area contributed by atoms with Gasteiger partial charge in [0.25, 0.3) is 0 Å². The summed E-state index contributed by atoms with van der Waals surface area (Å²) >= 11 is 5.88. The number of nitrogens with zero attached hydrogens (tertiary/aromatic N) is 1. The average molecular weight is 184 g/mol. The predicted octanol–water partition coefficient (Wildman–Crippen LogP) is 2.71. The Hall–Kier alpha value is -1.02. The summed E-state index contributed by atoms with van der Waals surface area (Å²) in [5, 5.41) is 12.0. The monoisotopic (exact) mass is 183 g/mol. The maximum absolute atomic E-state index is 8.37. The molecule has 0 radical (unpaired) electrons. The van der Waals surface area contributed by atoms with Crippen LogP contribution in [0.4, 0.5) is 0 Å². The van der Waals surface area contributed by atoms with E-state index in [4.69, 9.17) is 16.8 Å². The lowest BCUT2D eigenvalue weighted by Gasteiger charge is -2.03. The normalized spacial score (nSPS) is 10.8. The van der Waals surface area contributed by atoms with Crippen molar-refractivity contribution >= 4 is 17.8 Å². The van der Waals surface area contributed by atoms with E-state index in [0.717, 1.165) is 17.5 Å². The summed E-state index contributed by atoms with van der Waals surface area (Å²) in [6.07, 6.45) is 2.24. The van der Waals surface area contributed by atoms with Crippen LogP contribution in [0.15, 0.2) is 23.4 Å². The zero-order chi connectivity index (χ0) is 8.97. The Bertz CT molecular complexity index is 297. The van der Waals surface area contributed by atoms with Gasteiger partial charge in [-0.05, 0) is 18.1 Å². The number of halogens is 1. The number of oxime groups is 1. The molecule has 64 valence electrons. The quantitative estimate of drug-likeness (QED) is 0.427. The van der Waals surface area contributed by atoms with E-state index in [0.29, 0.717) is 5.02 Å². The van der Waals surface area contributed by atoms with Gasteiger partial charge in [-0.15, -0.1) is 0 Å². The Morgan fingerprint density at radius 2 is 2.33 bits per heavy atom. The van der Waals surface area contributed by atoms with E-state index in [1.54, 1.807) is 6.07 Å². The van der Waals surface area contributed by atoms with Gasteiger partial charge in [0, 0.05) is 10.6 Å². The van der Waals surface area contributed by atoms with Gasteiger partial charge >= 0.3 is 0 Å². The van der Waals surface area contributed by atoms with Crippen LogP contribution in [0.3, 0.4) is 0 Å². The standard InChI is InChI=1S/C9H10ClNO/c1-2-7-4-3-5-9(10)8(7)6-11-12/h3-6,12H,2H2,1H3. The molecular weight excluding hydrogens is 174 g/mol. The molecule has 0 amide bonds. The van der Waals surface area contributed by atoms with Crippen LogP contribution in [0.25, 0.3) is 0 Å². The molecule has 1 aromatic carbocycles. The van der Waals surface area contributed by atoms with Gasteiger partial charge in [0.15, 0.2) is 0 Å². The second-order valence-corrected chi connectivity index (χ2v) is 2.82. The minimum Gasteiger partial charge on any atom is -0.411 e. The van der Waals surface area contributed by atoms with E-state index >= 15 is 0 Å². The highest BCUT2D eigenvalue weighted by Crippen LogP contribution is 2.18. The molecule has 0 aliphatic rings. The van der Waals surface area contributed by atoms with Crippen molar-refractivity contribution in [2.45, 2.75) is 13.3 Å². The van der Waals surface area contributed by atoms with E-state index < -0.39 is 0 Å². The lowest BCUT2D eigenvalue weighted by molar-refractivity contribution is 0.322. The zero-order valence-electron chi connectivity index (χ0n) is 6.79. The van der Waals surface area contributed by atoms with Gasteiger partial charge in [0.2, 0.25) is 0 Å². The van der Waals surface area contributed by atoms with E-state index in [1.165, 1.54) is 6.21 Å². The summed E-state index contributed by atoms with van der Waals surface area (Å²) in [7, 11) is 0. The SMILES string of the molecule is CCc1cccc(Cl)c1C=NO. The number of aryl methyl sites for hydroxylation is 1. The van der Waals surface area contributed by atoms with Crippen LogP contribution < -0.4 is 0 Å². The Labute approximate surface area is 76.5 Å². The molecule has 2 nitrogen and oxygen atoms in total. The summed E-state index contributed by atoms with van der Waals surface area (Å²) in [5.41, 5.74) is 1.88. The number of hydrogen-bond acceptors (Lipinski definition) is 2. The summed E-state index contributed by atoms with van der Waals surface area (Å²) in [5.74, 6) is 0. The van der Waals surface area contributed by atoms with Gasteiger partial charge in [-0.2, -0.15) is 0 Å². The van der Waals surface area contributed by atoms with Crippen molar-refractivity contribution in [3.63, 3.8) is 0 Å². The molecule has 0 bridgehead atoms. The fourth-order valence-corrected chi connectivity index (χ4v) is 1.34. The molecule has 0 heterocycles. The van der Waals surface area contributed by atoms with E-state index in [2.05, 4.69) is 5.16 Å². The Morgan fingerprint density at radius 1 is 1.58 bits per heavy atom. The fourth-order valence-electron chi connectivity index (χ4n) is 1.09. The third-order valence-corrected chi connectivity index (χ3v) is 2.04. The number of hydrogen-bond donors (Lipinski definition) is 1. The van der Waals surface area contributed by atoms with Gasteiger partial charge in [-0.25, -0.2) is 0 Å². The lowest BCUT2D eigenvalue weighted by Crippen LogP contribution is -1.91. The molecule has 1 rings (SSSR count). The maximum Gasteiger partial charge on any atom is 0.0751 e. The molecule has 0 atom stereocenters. The van der Waals surface area contributed by atoms with Crippen molar-refractivity contribution in [2.24, 2.45) is 5.16 Å². The van der Waals surface area contributed by atoms with Gasteiger partial charge in [-0.1, -0.05) is 35.8 Å². The van der Waals surface area contributed by atoms with Crippen LogP contribution in [0.5, 0.6) is 0 Å². The summed E-state index contributed by atoms with van der Waals surface area (Å²) in [6.45, 7) is 2.03. The molecule has 0 aliphatic heterocycles. The first-order valence-electron chi connectivity index (χ1n) is 3.74. The van der Waals surface area contributed by atoms with Crippen molar-refractivity contribution in [1.82, 2.24) is 0 Å². The first-order valence-corrected chi connectivity index (χ1v) is 4.12. The third kappa shape index (κ3) is 1.77. The molecule has 0 saturated carbocycles. The molecule has 0 aromatic heterocycles. The number of benzene rings is 1. The molecular formula is C9H10ClNO. The number of rotatable bonds is 2. The van der Waals surface area contributed by atoms with Crippen molar-refractivity contribution in [2.75, 3.05) is 0 Å². The van der Waals surface area contributed by atoms with Crippen molar-refractivity contribution in [3.05, 3.63) is 34.3 Å².